The van der Waals surface area contributed by atoms with Crippen molar-refractivity contribution in [1.82, 2.24) is 0 Å². The fraction of sp³-hybridized carbons (Fsp3) is 0.440. The number of hydrogen-bond donors (Lipinski definition) is 0. The van der Waals surface area contributed by atoms with E-state index >= 15 is 0 Å². The maximum absolute atomic E-state index is 12.6. The van der Waals surface area contributed by atoms with Gasteiger partial charge in [-0.25, -0.2) is 4.79 Å². The van der Waals surface area contributed by atoms with Crippen LogP contribution in [-0.4, -0.2) is 17.9 Å². The summed E-state index contributed by atoms with van der Waals surface area (Å²) in [5, 5.41) is 0. The number of carbonyl (C=O) groups is 2. The maximum atomic E-state index is 12.6. The van der Waals surface area contributed by atoms with Crippen LogP contribution in [-0.2, 0) is 9.53 Å². The van der Waals surface area contributed by atoms with E-state index in [1.54, 1.807) is 0 Å². The van der Waals surface area contributed by atoms with Gasteiger partial charge in [-0.2, -0.15) is 0 Å². The molecule has 5 rings (SSSR count). The molecule has 3 nitrogen and oxygen atoms in total. The highest BCUT2D eigenvalue weighted by molar-refractivity contribution is 5.93. The summed E-state index contributed by atoms with van der Waals surface area (Å²) in [5.41, 5.74) is 4.64. The standard InChI is InChI=1S/C25H26O3/c1-25-14-13-20-19-10-8-18(26)15-17(19)7-9-21(20)22(25)11-12-23(25)28-24(27)16-5-3-2-4-6-16/h2-6,13-15,21-23H,7-12H2,1H3. The van der Waals surface area contributed by atoms with Crippen LogP contribution in [0.5, 0.6) is 0 Å². The normalized spacial score (nSPS) is 33.7. The summed E-state index contributed by atoms with van der Waals surface area (Å²) in [6, 6.07) is 9.28. The molecule has 1 aromatic rings. The van der Waals surface area contributed by atoms with E-state index < -0.39 is 0 Å². The fourth-order valence-corrected chi connectivity index (χ4v) is 5.93. The van der Waals surface area contributed by atoms with Gasteiger partial charge in [-0.05, 0) is 78.9 Å². The molecule has 0 heterocycles. The van der Waals surface area contributed by atoms with Gasteiger partial charge in [0.2, 0.25) is 0 Å². The Hall–Kier alpha value is -2.42. The number of rotatable bonds is 2. The van der Waals surface area contributed by atoms with E-state index in [1.165, 1.54) is 16.7 Å². The van der Waals surface area contributed by atoms with E-state index in [1.807, 2.05) is 36.4 Å². The summed E-state index contributed by atoms with van der Waals surface area (Å²) in [6.07, 6.45) is 12.0. The molecule has 1 saturated carbocycles. The Bertz CT molecular complexity index is 920. The molecule has 4 unspecified atom stereocenters. The molecule has 1 fully saturated rings. The second kappa shape index (κ2) is 6.58. The van der Waals surface area contributed by atoms with Gasteiger partial charge < -0.3 is 4.74 Å². The smallest absolute Gasteiger partial charge is 0.338 e. The zero-order valence-electron chi connectivity index (χ0n) is 16.3. The molecule has 144 valence electrons. The van der Waals surface area contributed by atoms with Crippen LogP contribution in [0, 0.1) is 17.3 Å². The van der Waals surface area contributed by atoms with E-state index in [-0.39, 0.29) is 23.3 Å². The molecule has 28 heavy (non-hydrogen) atoms. The first kappa shape index (κ1) is 17.7. The van der Waals surface area contributed by atoms with Crippen molar-refractivity contribution in [2.24, 2.45) is 17.3 Å². The zero-order chi connectivity index (χ0) is 19.3. The molecule has 0 aliphatic heterocycles. The number of ether oxygens (including phenoxy) is 1. The maximum Gasteiger partial charge on any atom is 0.338 e. The van der Waals surface area contributed by atoms with Crippen molar-refractivity contribution in [3.63, 3.8) is 0 Å². The SMILES string of the molecule is CC12C=CC3=C4CCC(=O)C=C4CCC3C1CCC2OC(=O)c1ccccc1. The summed E-state index contributed by atoms with van der Waals surface area (Å²) in [5.74, 6) is 1.09. The van der Waals surface area contributed by atoms with E-state index in [4.69, 9.17) is 4.74 Å². The summed E-state index contributed by atoms with van der Waals surface area (Å²) < 4.78 is 6.01. The zero-order valence-corrected chi connectivity index (χ0v) is 16.3. The first-order chi connectivity index (χ1) is 13.6. The van der Waals surface area contributed by atoms with Gasteiger partial charge in [0.05, 0.1) is 5.56 Å². The summed E-state index contributed by atoms with van der Waals surface area (Å²) in [4.78, 5) is 24.4. The highest BCUT2D eigenvalue weighted by Crippen LogP contribution is 2.58. The van der Waals surface area contributed by atoms with Gasteiger partial charge in [-0.15, -0.1) is 0 Å². The Labute approximate surface area is 166 Å². The first-order valence-corrected chi connectivity index (χ1v) is 10.5. The minimum atomic E-state index is -0.218. The Kier molecular flexibility index (Phi) is 4.15. The minimum Gasteiger partial charge on any atom is -0.458 e. The van der Waals surface area contributed by atoms with Crippen LogP contribution >= 0.6 is 0 Å². The van der Waals surface area contributed by atoms with Crippen molar-refractivity contribution in [3.05, 3.63) is 70.8 Å². The topological polar surface area (TPSA) is 43.4 Å². The molecule has 0 bridgehead atoms. The molecule has 4 atom stereocenters. The van der Waals surface area contributed by atoms with Crippen LogP contribution < -0.4 is 0 Å². The Morgan fingerprint density at radius 3 is 2.71 bits per heavy atom. The van der Waals surface area contributed by atoms with E-state index in [2.05, 4.69) is 19.1 Å². The lowest BCUT2D eigenvalue weighted by Crippen LogP contribution is -2.40. The van der Waals surface area contributed by atoms with E-state index in [0.717, 1.165) is 32.1 Å². The molecule has 4 aliphatic carbocycles. The molecule has 0 saturated heterocycles. The Morgan fingerprint density at radius 2 is 1.89 bits per heavy atom. The molecule has 1 aromatic carbocycles. The lowest BCUT2D eigenvalue weighted by atomic mass is 9.60. The van der Waals surface area contributed by atoms with Crippen molar-refractivity contribution in [2.45, 2.75) is 51.6 Å². The Morgan fingerprint density at radius 1 is 1.07 bits per heavy atom. The van der Waals surface area contributed by atoms with Crippen LogP contribution in [0.2, 0.25) is 0 Å². The quantitative estimate of drug-likeness (QED) is 0.669. The third-order valence-corrected chi connectivity index (χ3v) is 7.42. The Balaban J connectivity index is 1.44. The number of carbonyl (C=O) groups excluding carboxylic acids is 2. The van der Waals surface area contributed by atoms with Gasteiger partial charge in [0, 0.05) is 11.8 Å². The number of benzene rings is 1. The van der Waals surface area contributed by atoms with Crippen molar-refractivity contribution in [2.75, 3.05) is 0 Å². The molecular weight excluding hydrogens is 348 g/mol. The molecule has 0 amide bonds. The molecule has 4 aliphatic rings. The third-order valence-electron chi connectivity index (χ3n) is 7.42. The minimum absolute atomic E-state index is 0.0714. The summed E-state index contributed by atoms with van der Waals surface area (Å²) in [6.45, 7) is 2.27. The molecule has 3 heteroatoms. The number of allylic oxidation sites excluding steroid dienone is 5. The summed E-state index contributed by atoms with van der Waals surface area (Å²) >= 11 is 0. The highest BCUT2D eigenvalue weighted by atomic mass is 16.5. The van der Waals surface area contributed by atoms with Gasteiger partial charge in [0.1, 0.15) is 6.10 Å². The fourth-order valence-electron chi connectivity index (χ4n) is 5.93. The van der Waals surface area contributed by atoms with Gasteiger partial charge in [0.15, 0.2) is 5.78 Å². The second-order valence-electron chi connectivity index (χ2n) is 8.86. The average Bonchev–Trinajstić information content (AvgIpc) is 3.04. The lowest BCUT2D eigenvalue weighted by Gasteiger charge is -2.45. The summed E-state index contributed by atoms with van der Waals surface area (Å²) in [7, 11) is 0. The largest absolute Gasteiger partial charge is 0.458 e. The van der Waals surface area contributed by atoms with Crippen LogP contribution in [0.15, 0.2) is 65.3 Å². The lowest BCUT2D eigenvalue weighted by molar-refractivity contribution is -0.114. The predicted molar refractivity (Wildman–Crippen MR) is 108 cm³/mol. The van der Waals surface area contributed by atoms with Gasteiger partial charge in [-0.1, -0.05) is 37.3 Å². The average molecular weight is 374 g/mol. The number of fused-ring (bicyclic) bond motifs is 4. The van der Waals surface area contributed by atoms with Crippen molar-refractivity contribution < 1.29 is 14.3 Å². The van der Waals surface area contributed by atoms with Gasteiger partial charge in [0.25, 0.3) is 0 Å². The van der Waals surface area contributed by atoms with Crippen LogP contribution in [0.25, 0.3) is 0 Å². The van der Waals surface area contributed by atoms with Crippen molar-refractivity contribution in [1.29, 1.82) is 0 Å². The van der Waals surface area contributed by atoms with Crippen LogP contribution in [0.3, 0.4) is 0 Å². The van der Waals surface area contributed by atoms with E-state index in [0.29, 0.717) is 23.8 Å². The number of ketones is 1. The van der Waals surface area contributed by atoms with Crippen LogP contribution in [0.1, 0.15) is 55.8 Å². The molecular formula is C25H26O3. The first-order valence-electron chi connectivity index (χ1n) is 10.5. The monoisotopic (exact) mass is 374 g/mol. The van der Waals surface area contributed by atoms with E-state index in [9.17, 15) is 9.59 Å². The second-order valence-corrected chi connectivity index (χ2v) is 8.86. The van der Waals surface area contributed by atoms with Crippen LogP contribution in [0.4, 0.5) is 0 Å². The highest BCUT2D eigenvalue weighted by Gasteiger charge is 2.53. The molecule has 0 spiro atoms. The number of hydrogen-bond acceptors (Lipinski definition) is 3. The van der Waals surface area contributed by atoms with Crippen molar-refractivity contribution >= 4 is 11.8 Å². The van der Waals surface area contributed by atoms with Crippen molar-refractivity contribution in [3.8, 4) is 0 Å². The van der Waals surface area contributed by atoms with Gasteiger partial charge >= 0.3 is 5.97 Å². The molecule has 0 N–H and O–H groups in total. The van der Waals surface area contributed by atoms with Gasteiger partial charge in [-0.3, -0.25) is 4.79 Å². The molecule has 0 radical (unpaired) electrons. The third kappa shape index (κ3) is 2.71. The number of esters is 1. The predicted octanol–water partition coefficient (Wildman–Crippen LogP) is 5.19. The molecule has 0 aromatic heterocycles.